The number of rotatable bonds is 5. The molecule has 2 saturated heterocycles. The highest BCUT2D eigenvalue weighted by Gasteiger charge is 2.41. The number of phenolic OH excluding ortho intramolecular Hbond substituents is 1. The highest BCUT2D eigenvalue weighted by atomic mass is 16.5. The Morgan fingerprint density at radius 2 is 1.59 bits per heavy atom. The number of carbonyl (C=O) groups excluding carboxylic acids is 4. The van der Waals surface area contributed by atoms with Crippen molar-refractivity contribution in [3.63, 3.8) is 0 Å². The average Bonchev–Trinajstić information content (AvgIpc) is 2.89. The molecule has 0 aromatic heterocycles. The average molecular weight is 539 g/mol. The zero-order valence-corrected chi connectivity index (χ0v) is 21.8. The Morgan fingerprint density at radius 1 is 0.923 bits per heavy atom. The lowest BCUT2D eigenvalue weighted by molar-refractivity contribution is -0.141. The van der Waals surface area contributed by atoms with Crippen LogP contribution in [0.5, 0.6) is 5.75 Å². The van der Waals surface area contributed by atoms with E-state index in [0.717, 1.165) is 5.56 Å². The molecule has 11 heteroatoms. The summed E-state index contributed by atoms with van der Waals surface area (Å²) in [6, 6.07) is 11.0. The Hall–Kier alpha value is -3.96. The van der Waals surface area contributed by atoms with Crippen molar-refractivity contribution in [2.75, 3.05) is 13.2 Å². The van der Waals surface area contributed by atoms with Crippen molar-refractivity contribution in [3.8, 4) is 5.75 Å². The summed E-state index contributed by atoms with van der Waals surface area (Å²) in [7, 11) is 0. The van der Waals surface area contributed by atoms with Crippen LogP contribution in [0.15, 0.2) is 54.6 Å². The molecule has 0 aliphatic carbocycles. The van der Waals surface area contributed by atoms with Crippen molar-refractivity contribution in [1.82, 2.24) is 21.3 Å². The first-order chi connectivity index (χ1) is 18.7. The van der Waals surface area contributed by atoms with E-state index in [0.29, 0.717) is 0 Å². The molecule has 4 rings (SSSR count). The van der Waals surface area contributed by atoms with Gasteiger partial charge in [-0.2, -0.15) is 0 Å². The van der Waals surface area contributed by atoms with Crippen molar-refractivity contribution in [3.05, 3.63) is 65.7 Å². The van der Waals surface area contributed by atoms with Gasteiger partial charge in [-0.15, -0.1) is 0 Å². The molecule has 11 nitrogen and oxygen atoms in total. The number of amides is 4. The third-order valence-electron chi connectivity index (χ3n) is 7.27. The number of benzene rings is 2. The van der Waals surface area contributed by atoms with E-state index in [-0.39, 0.29) is 36.9 Å². The Morgan fingerprint density at radius 3 is 2.23 bits per heavy atom. The molecular formula is C28H34N4O7. The fraction of sp³-hybridized carbons (Fsp3) is 0.429. The van der Waals surface area contributed by atoms with Crippen LogP contribution in [0.3, 0.4) is 0 Å². The third-order valence-corrected chi connectivity index (χ3v) is 7.27. The van der Waals surface area contributed by atoms with E-state index in [2.05, 4.69) is 21.3 Å². The van der Waals surface area contributed by atoms with Crippen LogP contribution in [0.4, 0.5) is 0 Å². The molecule has 6 unspecified atom stereocenters. The second kappa shape index (κ2) is 12.3. The van der Waals surface area contributed by atoms with Gasteiger partial charge in [0.2, 0.25) is 17.7 Å². The fourth-order valence-corrected chi connectivity index (χ4v) is 4.73. The summed E-state index contributed by atoms with van der Waals surface area (Å²) >= 11 is 0. The monoisotopic (exact) mass is 538 g/mol. The standard InChI is InChI=1S/C28H34N4O7/c1-15-24(34)20(12-17-8-4-3-5-9-17)30-27(37)22(31-26(36)19-10-6-7-11-21(19)33)16(2)29-28(38)23(32-25(15)35)18-13-39-14-18/h3-11,15-16,18,20,22-24,33-34H,12-14H2,1-2H3,(H,29,38)(H,30,37)(H,31,36)(H,32,35). The molecule has 2 aromatic rings. The highest BCUT2D eigenvalue weighted by Crippen LogP contribution is 2.20. The van der Waals surface area contributed by atoms with Gasteiger partial charge in [-0.3, -0.25) is 19.2 Å². The lowest BCUT2D eigenvalue weighted by atomic mass is 9.90. The first-order valence-corrected chi connectivity index (χ1v) is 13.0. The number of para-hydroxylation sites is 1. The zero-order valence-electron chi connectivity index (χ0n) is 21.8. The number of aliphatic hydroxyl groups excluding tert-OH is 1. The number of ether oxygens (including phenoxy) is 1. The van der Waals surface area contributed by atoms with Crippen LogP contribution in [0, 0.1) is 11.8 Å². The smallest absolute Gasteiger partial charge is 0.255 e. The van der Waals surface area contributed by atoms with Crippen molar-refractivity contribution in [2.24, 2.45) is 11.8 Å². The molecule has 2 heterocycles. The van der Waals surface area contributed by atoms with Gasteiger partial charge in [0.15, 0.2) is 0 Å². The minimum Gasteiger partial charge on any atom is -0.507 e. The summed E-state index contributed by atoms with van der Waals surface area (Å²) in [6.45, 7) is 3.63. The van der Waals surface area contributed by atoms with Crippen LogP contribution in [0.1, 0.15) is 29.8 Å². The number of hydrogen-bond donors (Lipinski definition) is 6. The normalized spacial score (nSPS) is 28.5. The number of nitrogens with one attached hydrogen (secondary N) is 4. The molecule has 2 aliphatic rings. The maximum absolute atomic E-state index is 13.6. The number of phenols is 1. The van der Waals surface area contributed by atoms with Gasteiger partial charge < -0.3 is 36.2 Å². The van der Waals surface area contributed by atoms with Gasteiger partial charge in [0.1, 0.15) is 17.8 Å². The van der Waals surface area contributed by atoms with Crippen molar-refractivity contribution < 1.29 is 34.1 Å². The number of aliphatic hydroxyl groups is 1. The third kappa shape index (κ3) is 6.55. The zero-order chi connectivity index (χ0) is 28.1. The van der Waals surface area contributed by atoms with Crippen molar-refractivity contribution in [2.45, 2.75) is 50.5 Å². The molecule has 2 aliphatic heterocycles. The van der Waals surface area contributed by atoms with Crippen LogP contribution in [0.2, 0.25) is 0 Å². The summed E-state index contributed by atoms with van der Waals surface area (Å²) in [6.07, 6.45) is -1.09. The summed E-state index contributed by atoms with van der Waals surface area (Å²) in [4.78, 5) is 53.1. The second-order valence-corrected chi connectivity index (χ2v) is 10.1. The molecule has 4 amide bonds. The van der Waals surface area contributed by atoms with E-state index in [1.54, 1.807) is 19.1 Å². The van der Waals surface area contributed by atoms with Crippen LogP contribution < -0.4 is 21.3 Å². The molecule has 208 valence electrons. The van der Waals surface area contributed by atoms with Gasteiger partial charge in [-0.1, -0.05) is 49.4 Å². The summed E-state index contributed by atoms with van der Waals surface area (Å²) in [5.74, 6) is -3.96. The summed E-state index contributed by atoms with van der Waals surface area (Å²) in [5, 5.41) is 32.3. The molecule has 0 spiro atoms. The van der Waals surface area contributed by atoms with Gasteiger partial charge in [0, 0.05) is 5.92 Å². The van der Waals surface area contributed by atoms with E-state index < -0.39 is 59.8 Å². The minimum atomic E-state index is -1.31. The van der Waals surface area contributed by atoms with Crippen LogP contribution in [-0.2, 0) is 25.5 Å². The summed E-state index contributed by atoms with van der Waals surface area (Å²) in [5.41, 5.74) is 0.781. The van der Waals surface area contributed by atoms with Gasteiger partial charge in [0.25, 0.3) is 5.91 Å². The van der Waals surface area contributed by atoms with Crippen molar-refractivity contribution in [1.29, 1.82) is 0 Å². The Labute approximate surface area is 226 Å². The predicted molar refractivity (Wildman–Crippen MR) is 140 cm³/mol. The van der Waals surface area contributed by atoms with Crippen LogP contribution in [-0.4, -0.2) is 77.3 Å². The number of aromatic hydroxyl groups is 1. The molecular weight excluding hydrogens is 504 g/mol. The molecule has 0 saturated carbocycles. The van der Waals surface area contributed by atoms with Crippen molar-refractivity contribution >= 4 is 23.6 Å². The molecule has 2 aromatic carbocycles. The van der Waals surface area contributed by atoms with E-state index in [4.69, 9.17) is 4.74 Å². The van der Waals surface area contributed by atoms with Gasteiger partial charge in [-0.05, 0) is 31.0 Å². The molecule has 0 radical (unpaired) electrons. The number of carbonyl (C=O) groups is 4. The fourth-order valence-electron chi connectivity index (χ4n) is 4.73. The highest BCUT2D eigenvalue weighted by molar-refractivity contribution is 6.00. The second-order valence-electron chi connectivity index (χ2n) is 10.1. The van der Waals surface area contributed by atoms with Crippen LogP contribution >= 0.6 is 0 Å². The molecule has 6 N–H and O–H groups in total. The van der Waals surface area contributed by atoms with Gasteiger partial charge >= 0.3 is 0 Å². The lowest BCUT2D eigenvalue weighted by Crippen LogP contribution is -2.65. The maximum atomic E-state index is 13.6. The molecule has 39 heavy (non-hydrogen) atoms. The Kier molecular flexibility index (Phi) is 8.82. The SMILES string of the molecule is CC1NC(=O)C(C2COC2)NC(=O)C(C)C(O)C(Cc2ccccc2)NC(=O)C1NC(=O)c1ccccc1O. The first-order valence-electron chi connectivity index (χ1n) is 13.0. The topological polar surface area (TPSA) is 166 Å². The quantitative estimate of drug-likeness (QED) is 0.308. The van der Waals surface area contributed by atoms with Crippen LogP contribution in [0.25, 0.3) is 0 Å². The molecule has 0 bridgehead atoms. The minimum absolute atomic E-state index is 0.0406. The number of hydrogen-bond acceptors (Lipinski definition) is 7. The molecule has 2 fully saturated rings. The van der Waals surface area contributed by atoms with E-state index in [1.807, 2.05) is 30.3 Å². The van der Waals surface area contributed by atoms with Gasteiger partial charge in [0.05, 0.1) is 42.9 Å². The predicted octanol–water partition coefficient (Wildman–Crippen LogP) is -0.135. The maximum Gasteiger partial charge on any atom is 0.255 e. The van der Waals surface area contributed by atoms with E-state index in [9.17, 15) is 29.4 Å². The van der Waals surface area contributed by atoms with Gasteiger partial charge in [-0.25, -0.2) is 0 Å². The Balaban J connectivity index is 1.67. The lowest BCUT2D eigenvalue weighted by Gasteiger charge is -2.37. The Bertz CT molecular complexity index is 1200. The molecule has 6 atom stereocenters. The largest absolute Gasteiger partial charge is 0.507 e. The van der Waals surface area contributed by atoms with E-state index in [1.165, 1.54) is 19.1 Å². The van der Waals surface area contributed by atoms with E-state index >= 15 is 0 Å². The first kappa shape index (κ1) is 28.1. The summed E-state index contributed by atoms with van der Waals surface area (Å²) < 4.78 is 5.23.